The minimum atomic E-state index is -0.568. The minimum Gasteiger partial charge on any atom is -0.298 e. The first-order chi connectivity index (χ1) is 18.5. The zero-order chi connectivity index (χ0) is 26.0. The molecule has 0 spiro atoms. The second-order valence-electron chi connectivity index (χ2n) is 8.81. The topological polar surface area (TPSA) is 112 Å². The van der Waals surface area contributed by atoms with Gasteiger partial charge in [-0.05, 0) is 47.5 Å². The van der Waals surface area contributed by atoms with Crippen LogP contribution in [0.25, 0.3) is 65.9 Å². The number of benzene rings is 2. The monoisotopic (exact) mass is 497 g/mol. The number of aromatic nitrogens is 4. The van der Waals surface area contributed by atoms with E-state index in [0.29, 0.717) is 43.8 Å². The molecule has 0 atom stereocenters. The third kappa shape index (κ3) is 3.17. The number of pyridine rings is 2. The molecule has 1 N–H and O–H groups in total. The van der Waals surface area contributed by atoms with E-state index in [4.69, 9.17) is 15.4 Å². The van der Waals surface area contributed by atoms with Crippen molar-refractivity contribution in [1.29, 1.82) is 10.7 Å². The second kappa shape index (κ2) is 8.01. The molecule has 3 aromatic heterocycles. The Morgan fingerprint density at radius 3 is 1.74 bits per heavy atom. The summed E-state index contributed by atoms with van der Waals surface area (Å²) in [5.74, 6) is -1.13. The Balaban J connectivity index is 1.50. The average molecular weight is 497 g/mol. The number of rotatable bonds is 2. The van der Waals surface area contributed by atoms with Gasteiger partial charge in [-0.2, -0.15) is 19.0 Å². The Morgan fingerprint density at radius 2 is 1.16 bits per heavy atom. The van der Waals surface area contributed by atoms with Gasteiger partial charge in [0.25, 0.3) is 0 Å². The predicted octanol–water partition coefficient (Wildman–Crippen LogP) is 5.23. The van der Waals surface area contributed by atoms with E-state index in [0.717, 1.165) is 27.5 Å². The Bertz CT molecular complexity index is 2220. The SMILES string of the molecule is N#C/N=c1\c2cc(-c3ccc(F)nc3)ccc2c2nc3c(=N)c4cc(-c5ccc(F)nc5)ccc4c3nc12. The van der Waals surface area contributed by atoms with E-state index < -0.39 is 11.9 Å². The highest BCUT2D eigenvalue weighted by atomic mass is 19.1. The van der Waals surface area contributed by atoms with Crippen molar-refractivity contribution in [1.82, 2.24) is 19.9 Å². The maximum atomic E-state index is 13.3. The number of hydrogen-bond acceptors (Lipinski definition) is 7. The highest BCUT2D eigenvalue weighted by molar-refractivity contribution is 6.15. The molecular weight excluding hydrogens is 484 g/mol. The molecule has 0 aliphatic carbocycles. The van der Waals surface area contributed by atoms with Crippen molar-refractivity contribution < 1.29 is 8.78 Å². The molecule has 0 aliphatic heterocycles. The van der Waals surface area contributed by atoms with Crippen LogP contribution in [0.3, 0.4) is 0 Å². The molecular formula is C29H13F2N7. The zero-order valence-corrected chi connectivity index (χ0v) is 19.4. The average Bonchev–Trinajstić information content (AvgIpc) is 3.39. The summed E-state index contributed by atoms with van der Waals surface area (Å²) in [6, 6.07) is 17.0. The lowest BCUT2D eigenvalue weighted by Crippen LogP contribution is -2.02. The van der Waals surface area contributed by atoms with Gasteiger partial charge in [0, 0.05) is 45.1 Å². The third-order valence-electron chi connectivity index (χ3n) is 6.71. The van der Waals surface area contributed by atoms with Crippen molar-refractivity contribution in [3.8, 4) is 28.4 Å². The molecule has 0 fully saturated rings. The highest BCUT2D eigenvalue weighted by Crippen LogP contribution is 2.31. The fourth-order valence-corrected chi connectivity index (χ4v) is 4.93. The number of nitriles is 1. The van der Waals surface area contributed by atoms with Gasteiger partial charge in [-0.3, -0.25) is 5.41 Å². The van der Waals surface area contributed by atoms with Gasteiger partial charge in [-0.25, -0.2) is 19.9 Å². The molecule has 178 valence electrons. The van der Waals surface area contributed by atoms with Crippen LogP contribution < -0.4 is 10.7 Å². The Hall–Kier alpha value is -5.49. The normalized spacial score (nSPS) is 12.2. The maximum Gasteiger partial charge on any atom is 0.212 e. The molecule has 4 aromatic carbocycles. The molecule has 7 nitrogen and oxygen atoms in total. The smallest absolute Gasteiger partial charge is 0.212 e. The van der Waals surface area contributed by atoms with Crippen molar-refractivity contribution in [3.63, 3.8) is 0 Å². The van der Waals surface area contributed by atoms with Crippen molar-refractivity contribution in [3.05, 3.63) is 95.7 Å². The minimum absolute atomic E-state index is 0.225. The first kappa shape index (κ1) is 21.8. The molecule has 0 bridgehead atoms. The number of hydrogen-bond donors (Lipinski definition) is 1. The standard InChI is InChI=1S/C29H13F2N7/c30-22-7-3-16(11-34-22)14-1-5-18-20(9-14)24(33)28-26(18)38-29-25(36-13-32)21-10-15(2-6-19(21)27(29)37-28)17-4-8-23(31)35-12-17/h1-12,33H/b33-24?,36-25+. The summed E-state index contributed by atoms with van der Waals surface area (Å²) in [4.78, 5) is 21.2. The van der Waals surface area contributed by atoms with Crippen LogP contribution in [0.5, 0.6) is 0 Å². The number of nitrogens with one attached hydrogen (secondary N) is 1. The summed E-state index contributed by atoms with van der Waals surface area (Å²) in [6.45, 7) is 0. The third-order valence-corrected chi connectivity index (χ3v) is 6.71. The molecule has 0 unspecified atom stereocenters. The van der Waals surface area contributed by atoms with Crippen LogP contribution in [0.1, 0.15) is 0 Å². The second-order valence-corrected chi connectivity index (χ2v) is 8.81. The summed E-state index contributed by atoms with van der Waals surface area (Å²) in [5.41, 5.74) is 4.99. The molecule has 38 heavy (non-hydrogen) atoms. The Labute approximate surface area is 212 Å². The molecule has 7 rings (SSSR count). The van der Waals surface area contributed by atoms with Gasteiger partial charge in [0.15, 0.2) is 0 Å². The van der Waals surface area contributed by atoms with Crippen LogP contribution in [-0.4, -0.2) is 19.9 Å². The Kier molecular flexibility index (Phi) is 4.59. The lowest BCUT2D eigenvalue weighted by Gasteiger charge is -2.01. The molecule has 9 heteroatoms. The van der Waals surface area contributed by atoms with E-state index in [9.17, 15) is 14.0 Å². The van der Waals surface area contributed by atoms with Gasteiger partial charge in [-0.15, -0.1) is 0 Å². The van der Waals surface area contributed by atoms with Gasteiger partial charge < -0.3 is 0 Å². The zero-order valence-electron chi connectivity index (χ0n) is 19.4. The fourth-order valence-electron chi connectivity index (χ4n) is 4.93. The van der Waals surface area contributed by atoms with Crippen LogP contribution in [0.4, 0.5) is 8.78 Å². The summed E-state index contributed by atoms with van der Waals surface area (Å²) >= 11 is 0. The van der Waals surface area contributed by atoms with Crippen LogP contribution in [0.15, 0.2) is 78.0 Å². The van der Waals surface area contributed by atoms with Gasteiger partial charge in [0.2, 0.25) is 18.1 Å². The van der Waals surface area contributed by atoms with Gasteiger partial charge >= 0.3 is 0 Å². The van der Waals surface area contributed by atoms with Gasteiger partial charge in [0.1, 0.15) is 16.4 Å². The van der Waals surface area contributed by atoms with E-state index in [1.165, 1.54) is 24.5 Å². The van der Waals surface area contributed by atoms with Crippen molar-refractivity contribution >= 4 is 43.6 Å². The van der Waals surface area contributed by atoms with Crippen LogP contribution in [0, 0.1) is 28.8 Å². The first-order valence-corrected chi connectivity index (χ1v) is 11.5. The van der Waals surface area contributed by atoms with Gasteiger partial charge in [0.05, 0.1) is 16.4 Å². The van der Waals surface area contributed by atoms with Crippen LogP contribution in [-0.2, 0) is 0 Å². The molecule has 3 heterocycles. The van der Waals surface area contributed by atoms with E-state index in [1.54, 1.807) is 12.1 Å². The van der Waals surface area contributed by atoms with Crippen molar-refractivity contribution in [2.75, 3.05) is 0 Å². The van der Waals surface area contributed by atoms with Crippen LogP contribution >= 0.6 is 0 Å². The molecule has 0 amide bonds. The molecule has 0 aliphatic rings. The lowest BCUT2D eigenvalue weighted by atomic mass is 10.0. The molecule has 0 saturated heterocycles. The fraction of sp³-hybridized carbons (Fsp3) is 0. The Morgan fingerprint density at radius 1 is 0.632 bits per heavy atom. The maximum absolute atomic E-state index is 13.3. The van der Waals surface area contributed by atoms with Crippen LogP contribution in [0.2, 0.25) is 0 Å². The quantitative estimate of drug-likeness (QED) is 0.260. The molecule has 7 aromatic rings. The van der Waals surface area contributed by atoms with Crippen molar-refractivity contribution in [2.24, 2.45) is 4.99 Å². The summed E-state index contributed by atoms with van der Waals surface area (Å²) in [6.07, 6.45) is 4.76. The summed E-state index contributed by atoms with van der Waals surface area (Å²) in [7, 11) is 0. The summed E-state index contributed by atoms with van der Waals surface area (Å²) < 4.78 is 26.6. The predicted molar refractivity (Wildman–Crippen MR) is 138 cm³/mol. The first-order valence-electron chi connectivity index (χ1n) is 11.5. The molecule has 0 radical (unpaired) electrons. The van der Waals surface area contributed by atoms with Gasteiger partial charge in [-0.1, -0.05) is 24.3 Å². The van der Waals surface area contributed by atoms with E-state index in [1.807, 2.05) is 42.6 Å². The summed E-state index contributed by atoms with van der Waals surface area (Å²) in [5, 5.41) is 21.7. The van der Waals surface area contributed by atoms with E-state index in [2.05, 4.69) is 15.0 Å². The lowest BCUT2D eigenvalue weighted by molar-refractivity contribution is 0.583. The van der Waals surface area contributed by atoms with Crippen molar-refractivity contribution in [2.45, 2.75) is 0 Å². The number of halogens is 2. The largest absolute Gasteiger partial charge is 0.298 e. The number of fused-ring (bicyclic) bond motifs is 6. The van der Waals surface area contributed by atoms with E-state index in [-0.39, 0.29) is 5.36 Å². The van der Waals surface area contributed by atoms with E-state index >= 15 is 0 Å². The highest BCUT2D eigenvalue weighted by Gasteiger charge is 2.18. The molecule has 0 saturated carbocycles. The number of nitrogens with zero attached hydrogens (tertiary/aromatic N) is 6.